The Hall–Kier alpha value is -1.92. The van der Waals surface area contributed by atoms with Crippen LogP contribution in [0.4, 0.5) is 9.93 Å². The number of anilines is 1. The third-order valence-electron chi connectivity index (χ3n) is 3.78. The second-order valence-electron chi connectivity index (χ2n) is 5.63. The lowest BCUT2D eigenvalue weighted by Crippen LogP contribution is -2.38. The average Bonchev–Trinajstić information content (AvgIpc) is 2.82. The maximum atomic E-state index is 12.1. The predicted molar refractivity (Wildman–Crippen MR) is 92.0 cm³/mol. The molecule has 1 unspecified atom stereocenters. The van der Waals surface area contributed by atoms with Crippen LogP contribution in [0.25, 0.3) is 0 Å². The van der Waals surface area contributed by atoms with Crippen molar-refractivity contribution in [2.75, 3.05) is 18.5 Å². The van der Waals surface area contributed by atoms with Crippen LogP contribution in [-0.2, 0) is 11.2 Å². The molecule has 2 amide bonds. The molecule has 2 heterocycles. The molecule has 122 valence electrons. The second kappa shape index (κ2) is 8.08. The van der Waals surface area contributed by atoms with E-state index >= 15 is 0 Å². The smallest absolute Gasteiger partial charge is 0.321 e. The Balaban J connectivity index is 1.51. The molecule has 5 nitrogen and oxygen atoms in total. The van der Waals surface area contributed by atoms with E-state index < -0.39 is 0 Å². The van der Waals surface area contributed by atoms with Gasteiger partial charge in [0.25, 0.3) is 0 Å². The maximum Gasteiger partial charge on any atom is 0.321 e. The fraction of sp³-hybridized carbons (Fsp3) is 0.412. The van der Waals surface area contributed by atoms with Crippen molar-refractivity contribution >= 4 is 22.5 Å². The zero-order valence-electron chi connectivity index (χ0n) is 13.0. The number of urea groups is 1. The summed E-state index contributed by atoms with van der Waals surface area (Å²) >= 11 is 1.51. The second-order valence-corrected chi connectivity index (χ2v) is 6.75. The molecule has 3 rings (SSSR count). The molecular weight excluding hydrogens is 310 g/mol. The standard InChI is InChI=1S/C17H21N3O2S/c21-16(19-14-7-4-9-22-10-8-14)20-17-18-12-15(23-17)11-13-5-2-1-3-6-13/h1-3,5-6,12,14H,4,7-11H2,(H2,18,19,20,21). The lowest BCUT2D eigenvalue weighted by molar-refractivity contribution is 0.143. The summed E-state index contributed by atoms with van der Waals surface area (Å²) in [5.41, 5.74) is 1.24. The number of benzene rings is 1. The summed E-state index contributed by atoms with van der Waals surface area (Å²) in [5, 5.41) is 6.47. The van der Waals surface area contributed by atoms with Crippen LogP contribution >= 0.6 is 11.3 Å². The molecule has 0 saturated carbocycles. The summed E-state index contributed by atoms with van der Waals surface area (Å²) in [6, 6.07) is 10.2. The van der Waals surface area contributed by atoms with Crippen LogP contribution in [0.2, 0.25) is 0 Å². The lowest BCUT2D eigenvalue weighted by atomic mass is 10.1. The third kappa shape index (κ3) is 5.04. The Morgan fingerprint density at radius 3 is 3.00 bits per heavy atom. The van der Waals surface area contributed by atoms with Gasteiger partial charge in [-0.15, -0.1) is 11.3 Å². The van der Waals surface area contributed by atoms with Gasteiger partial charge in [-0.1, -0.05) is 30.3 Å². The summed E-state index contributed by atoms with van der Waals surface area (Å²) in [6.45, 7) is 1.50. The first-order chi connectivity index (χ1) is 11.3. The summed E-state index contributed by atoms with van der Waals surface area (Å²) in [5.74, 6) is 0. The Morgan fingerprint density at radius 1 is 1.26 bits per heavy atom. The fourth-order valence-electron chi connectivity index (χ4n) is 2.61. The van der Waals surface area contributed by atoms with Gasteiger partial charge < -0.3 is 10.1 Å². The van der Waals surface area contributed by atoms with Crippen molar-refractivity contribution in [1.29, 1.82) is 0 Å². The summed E-state index contributed by atoms with van der Waals surface area (Å²) < 4.78 is 5.40. The topological polar surface area (TPSA) is 63.2 Å². The largest absolute Gasteiger partial charge is 0.381 e. The summed E-state index contributed by atoms with van der Waals surface area (Å²) in [6.07, 6.45) is 5.48. The van der Waals surface area contributed by atoms with E-state index in [1.807, 2.05) is 24.4 Å². The monoisotopic (exact) mass is 331 g/mol. The van der Waals surface area contributed by atoms with Gasteiger partial charge in [-0.05, 0) is 24.8 Å². The van der Waals surface area contributed by atoms with Gasteiger partial charge in [-0.3, -0.25) is 5.32 Å². The van der Waals surface area contributed by atoms with Gasteiger partial charge >= 0.3 is 6.03 Å². The van der Waals surface area contributed by atoms with E-state index in [9.17, 15) is 4.79 Å². The van der Waals surface area contributed by atoms with Crippen molar-refractivity contribution in [3.05, 3.63) is 47.0 Å². The highest BCUT2D eigenvalue weighted by atomic mass is 32.1. The van der Waals surface area contributed by atoms with E-state index in [4.69, 9.17) is 4.74 Å². The number of aromatic nitrogens is 1. The lowest BCUT2D eigenvalue weighted by Gasteiger charge is -2.15. The molecule has 0 aliphatic carbocycles. The number of carbonyl (C=O) groups excluding carboxylic acids is 1. The molecule has 23 heavy (non-hydrogen) atoms. The van der Waals surface area contributed by atoms with Gasteiger partial charge in [0.15, 0.2) is 5.13 Å². The van der Waals surface area contributed by atoms with Crippen LogP contribution < -0.4 is 10.6 Å². The molecule has 1 fully saturated rings. The van der Waals surface area contributed by atoms with Crippen LogP contribution in [0.5, 0.6) is 0 Å². The molecule has 2 aromatic rings. The molecule has 1 saturated heterocycles. The molecular formula is C17H21N3O2S. The SMILES string of the molecule is O=C(Nc1ncc(Cc2ccccc2)s1)NC1CCCOCC1. The normalized spacial score (nSPS) is 18.2. The first kappa shape index (κ1) is 16.0. The van der Waals surface area contributed by atoms with Crippen LogP contribution in [0, 0.1) is 0 Å². The van der Waals surface area contributed by atoms with Gasteiger partial charge in [0.05, 0.1) is 0 Å². The van der Waals surface area contributed by atoms with Gasteiger partial charge in [0, 0.05) is 36.8 Å². The Bertz CT molecular complexity index is 622. The van der Waals surface area contributed by atoms with Crippen molar-refractivity contribution < 1.29 is 9.53 Å². The highest BCUT2D eigenvalue weighted by Crippen LogP contribution is 2.21. The van der Waals surface area contributed by atoms with Crippen molar-refractivity contribution in [1.82, 2.24) is 10.3 Å². The van der Waals surface area contributed by atoms with Gasteiger partial charge in [-0.2, -0.15) is 0 Å². The van der Waals surface area contributed by atoms with E-state index in [0.717, 1.165) is 37.2 Å². The number of nitrogens with one attached hydrogen (secondary N) is 2. The van der Waals surface area contributed by atoms with E-state index in [0.29, 0.717) is 11.7 Å². The van der Waals surface area contributed by atoms with Gasteiger partial charge in [0.1, 0.15) is 0 Å². The zero-order chi connectivity index (χ0) is 15.9. The van der Waals surface area contributed by atoms with Crippen molar-refractivity contribution in [3.63, 3.8) is 0 Å². The van der Waals surface area contributed by atoms with E-state index in [1.165, 1.54) is 16.9 Å². The van der Waals surface area contributed by atoms with Gasteiger partial charge in [-0.25, -0.2) is 9.78 Å². The Morgan fingerprint density at radius 2 is 2.13 bits per heavy atom. The molecule has 0 bridgehead atoms. The highest BCUT2D eigenvalue weighted by molar-refractivity contribution is 7.15. The molecule has 1 aromatic heterocycles. The van der Waals surface area contributed by atoms with Gasteiger partial charge in [0.2, 0.25) is 0 Å². The van der Waals surface area contributed by atoms with Crippen molar-refractivity contribution in [2.24, 2.45) is 0 Å². The Kier molecular flexibility index (Phi) is 5.60. The number of thiazole rings is 1. The minimum atomic E-state index is -0.183. The zero-order valence-corrected chi connectivity index (χ0v) is 13.8. The molecule has 0 spiro atoms. The van der Waals surface area contributed by atoms with Crippen molar-refractivity contribution in [2.45, 2.75) is 31.7 Å². The number of carbonyl (C=O) groups is 1. The molecule has 6 heteroatoms. The van der Waals surface area contributed by atoms with Crippen LogP contribution in [0.3, 0.4) is 0 Å². The van der Waals surface area contributed by atoms with Crippen LogP contribution in [0.1, 0.15) is 29.7 Å². The number of amides is 2. The molecule has 1 aliphatic rings. The Labute approximate surface area is 140 Å². The molecule has 2 N–H and O–H groups in total. The summed E-state index contributed by atoms with van der Waals surface area (Å²) in [7, 11) is 0. The number of hydrogen-bond donors (Lipinski definition) is 2. The number of ether oxygens (including phenoxy) is 1. The minimum absolute atomic E-state index is 0.182. The van der Waals surface area contributed by atoms with E-state index in [-0.39, 0.29) is 12.1 Å². The van der Waals surface area contributed by atoms with Crippen molar-refractivity contribution in [3.8, 4) is 0 Å². The van der Waals surface area contributed by atoms with E-state index in [2.05, 4.69) is 27.8 Å². The number of hydrogen-bond acceptors (Lipinski definition) is 4. The summed E-state index contributed by atoms with van der Waals surface area (Å²) in [4.78, 5) is 17.5. The van der Waals surface area contributed by atoms with Crippen LogP contribution in [0.15, 0.2) is 36.5 Å². The highest BCUT2D eigenvalue weighted by Gasteiger charge is 2.15. The quantitative estimate of drug-likeness (QED) is 0.902. The molecule has 1 aromatic carbocycles. The first-order valence-corrected chi connectivity index (χ1v) is 8.75. The molecule has 1 atom stereocenters. The molecule has 1 aliphatic heterocycles. The predicted octanol–water partition coefficient (Wildman–Crippen LogP) is 3.42. The molecule has 0 radical (unpaired) electrons. The number of rotatable bonds is 4. The van der Waals surface area contributed by atoms with Crippen LogP contribution in [-0.4, -0.2) is 30.3 Å². The average molecular weight is 331 g/mol. The fourth-order valence-corrected chi connectivity index (χ4v) is 3.45. The number of nitrogens with zero attached hydrogens (tertiary/aromatic N) is 1. The third-order valence-corrected chi connectivity index (χ3v) is 4.70. The maximum absolute atomic E-state index is 12.1. The first-order valence-electron chi connectivity index (χ1n) is 7.93. The minimum Gasteiger partial charge on any atom is -0.381 e. The van der Waals surface area contributed by atoms with E-state index in [1.54, 1.807) is 0 Å².